The molecule has 2 atom stereocenters. The van der Waals surface area contributed by atoms with Crippen molar-refractivity contribution in [2.75, 3.05) is 12.3 Å². The highest BCUT2D eigenvalue weighted by Crippen LogP contribution is 2.52. The highest BCUT2D eigenvalue weighted by Gasteiger charge is 2.56. The van der Waals surface area contributed by atoms with E-state index < -0.39 is 11.9 Å². The van der Waals surface area contributed by atoms with E-state index in [9.17, 15) is 14.7 Å². The van der Waals surface area contributed by atoms with Gasteiger partial charge in [-0.15, -0.1) is 0 Å². The van der Waals surface area contributed by atoms with Crippen molar-refractivity contribution in [1.29, 1.82) is 0 Å². The molecule has 9 heteroatoms. The molecule has 2 aliphatic heterocycles. The minimum Gasteiger partial charge on any atom is -0.477 e. The van der Waals surface area contributed by atoms with Crippen molar-refractivity contribution in [3.63, 3.8) is 0 Å². The summed E-state index contributed by atoms with van der Waals surface area (Å²) in [6, 6.07) is 1.58. The van der Waals surface area contributed by atoms with E-state index in [-0.39, 0.29) is 23.6 Å². The number of fused-ring (bicyclic) bond motifs is 1. The molecule has 0 saturated carbocycles. The van der Waals surface area contributed by atoms with Crippen molar-refractivity contribution < 1.29 is 19.8 Å². The number of carboxylic acids is 1. The van der Waals surface area contributed by atoms with Gasteiger partial charge in [0.2, 0.25) is 5.91 Å². The number of carbonyl (C=O) groups excluding carboxylic acids is 1. The number of hydrogen-bond donors (Lipinski definition) is 3. The lowest BCUT2D eigenvalue weighted by atomic mass is 9.98. The van der Waals surface area contributed by atoms with Gasteiger partial charge < -0.3 is 15.9 Å². The first kappa shape index (κ1) is 12.5. The van der Waals surface area contributed by atoms with Gasteiger partial charge in [-0.1, -0.05) is 11.8 Å². The fourth-order valence-electron chi connectivity index (χ4n) is 2.13. The molecular formula is C10H9N3O4S2. The van der Waals surface area contributed by atoms with Crippen LogP contribution in [0.1, 0.15) is 5.69 Å². The van der Waals surface area contributed by atoms with E-state index in [1.165, 1.54) is 16.7 Å². The zero-order chi connectivity index (χ0) is 13.7. The third-order valence-electron chi connectivity index (χ3n) is 3.01. The van der Waals surface area contributed by atoms with E-state index in [0.717, 1.165) is 11.5 Å². The molecule has 1 aromatic rings. The summed E-state index contributed by atoms with van der Waals surface area (Å²) in [5, 5.41) is 18.5. The molecular weight excluding hydrogens is 290 g/mol. The number of aromatic nitrogens is 1. The van der Waals surface area contributed by atoms with Gasteiger partial charge in [0.1, 0.15) is 16.1 Å². The molecule has 19 heavy (non-hydrogen) atoms. The summed E-state index contributed by atoms with van der Waals surface area (Å²) in [6.07, 6.45) is 0. The molecule has 1 fully saturated rings. The number of nitrogen functional groups attached to an aromatic ring is 1. The van der Waals surface area contributed by atoms with Crippen LogP contribution in [0.4, 0.5) is 5.00 Å². The molecule has 0 aliphatic carbocycles. The number of aliphatic carboxylic acids is 1. The van der Waals surface area contributed by atoms with Crippen LogP contribution in [0.15, 0.2) is 11.8 Å². The van der Waals surface area contributed by atoms with Crippen LogP contribution in [0.2, 0.25) is 0 Å². The van der Waals surface area contributed by atoms with Gasteiger partial charge in [-0.3, -0.25) is 9.69 Å². The maximum absolute atomic E-state index is 11.8. The van der Waals surface area contributed by atoms with Crippen molar-refractivity contribution in [2.45, 2.75) is 5.37 Å². The smallest absolute Gasteiger partial charge is 0.353 e. The van der Waals surface area contributed by atoms with Crippen molar-refractivity contribution in [1.82, 2.24) is 9.27 Å². The number of aliphatic hydroxyl groups excluding tert-OH is 1. The minimum absolute atomic E-state index is 0.0741. The van der Waals surface area contributed by atoms with Gasteiger partial charge >= 0.3 is 5.97 Å². The molecule has 1 amide bonds. The first-order chi connectivity index (χ1) is 9.04. The average molecular weight is 299 g/mol. The third kappa shape index (κ3) is 1.66. The van der Waals surface area contributed by atoms with E-state index >= 15 is 0 Å². The minimum atomic E-state index is -1.18. The second kappa shape index (κ2) is 4.22. The Bertz CT molecular complexity index is 612. The molecule has 0 aromatic carbocycles. The monoisotopic (exact) mass is 299 g/mol. The SMILES string of the molecule is Nc1cc(C2=C(C(=O)O)N3C(=O)[C@H](CO)[C@H]3S2)ns1. The molecule has 0 bridgehead atoms. The molecule has 0 spiro atoms. The molecule has 1 aromatic heterocycles. The van der Waals surface area contributed by atoms with Gasteiger partial charge in [-0.05, 0) is 11.5 Å². The largest absolute Gasteiger partial charge is 0.477 e. The first-order valence-electron chi connectivity index (χ1n) is 5.35. The number of carbonyl (C=O) groups is 2. The number of thioether (sulfide) groups is 1. The Hall–Kier alpha value is -1.58. The van der Waals surface area contributed by atoms with Crippen molar-refractivity contribution in [3.05, 3.63) is 17.5 Å². The van der Waals surface area contributed by atoms with E-state index in [2.05, 4.69) is 4.37 Å². The summed E-state index contributed by atoms with van der Waals surface area (Å²) in [7, 11) is 0. The zero-order valence-corrected chi connectivity index (χ0v) is 11.1. The summed E-state index contributed by atoms with van der Waals surface area (Å²) in [5.41, 5.74) is 5.98. The highest BCUT2D eigenvalue weighted by molar-refractivity contribution is 8.09. The summed E-state index contributed by atoms with van der Waals surface area (Å²) < 4.78 is 4.08. The topological polar surface area (TPSA) is 117 Å². The quantitative estimate of drug-likeness (QED) is 0.673. The molecule has 0 radical (unpaired) electrons. The Morgan fingerprint density at radius 2 is 2.32 bits per heavy atom. The van der Waals surface area contributed by atoms with Crippen molar-refractivity contribution >= 4 is 45.1 Å². The standard InChI is InChI=1S/C10H9N3O4S2/c11-5-1-4(12-19-5)7-6(10(16)17)13-8(15)3(2-14)9(13)18-7/h1,3,9,14H,2,11H2,(H,16,17)/t3-,9+/m0/s1. The molecule has 3 heterocycles. The van der Waals surface area contributed by atoms with Gasteiger partial charge in [0.05, 0.1) is 23.1 Å². The molecule has 1 saturated heterocycles. The van der Waals surface area contributed by atoms with Crippen LogP contribution in [0.25, 0.3) is 4.91 Å². The normalized spacial score (nSPS) is 25.5. The number of nitrogens with zero attached hydrogens (tertiary/aromatic N) is 2. The van der Waals surface area contributed by atoms with Gasteiger partial charge in [0, 0.05) is 6.07 Å². The van der Waals surface area contributed by atoms with Crippen LogP contribution >= 0.6 is 23.3 Å². The summed E-state index contributed by atoms with van der Waals surface area (Å²) >= 11 is 2.30. The molecule has 2 aliphatic rings. The zero-order valence-electron chi connectivity index (χ0n) is 9.44. The molecule has 4 N–H and O–H groups in total. The second-order valence-electron chi connectivity index (χ2n) is 4.10. The van der Waals surface area contributed by atoms with E-state index in [4.69, 9.17) is 10.8 Å². The van der Waals surface area contributed by atoms with Crippen LogP contribution in [-0.2, 0) is 9.59 Å². The van der Waals surface area contributed by atoms with Crippen molar-refractivity contribution in [3.8, 4) is 0 Å². The van der Waals surface area contributed by atoms with Gasteiger partial charge in [-0.2, -0.15) is 4.37 Å². The van der Waals surface area contributed by atoms with Gasteiger partial charge in [0.25, 0.3) is 0 Å². The fraction of sp³-hybridized carbons (Fsp3) is 0.300. The fourth-order valence-corrected chi connectivity index (χ4v) is 4.14. The number of carboxylic acid groups (broad SMARTS) is 1. The maximum atomic E-state index is 11.8. The number of β-lactam (4-membered cyclic amide) rings is 1. The predicted molar refractivity (Wildman–Crippen MR) is 69.9 cm³/mol. The van der Waals surface area contributed by atoms with E-state index in [1.807, 2.05) is 0 Å². The summed E-state index contributed by atoms with van der Waals surface area (Å²) in [4.78, 5) is 24.8. The second-order valence-corrected chi connectivity index (χ2v) is 6.07. The molecule has 100 valence electrons. The van der Waals surface area contributed by atoms with Crippen LogP contribution < -0.4 is 5.73 Å². The van der Waals surface area contributed by atoms with Gasteiger partial charge in [-0.25, -0.2) is 4.79 Å². The van der Waals surface area contributed by atoms with E-state index in [0.29, 0.717) is 15.6 Å². The lowest BCUT2D eigenvalue weighted by Crippen LogP contribution is -2.58. The molecule has 0 unspecified atom stereocenters. The Morgan fingerprint density at radius 1 is 1.58 bits per heavy atom. The Labute approximate surface area is 115 Å². The van der Waals surface area contributed by atoms with Gasteiger partial charge in [0.15, 0.2) is 0 Å². The summed E-state index contributed by atoms with van der Waals surface area (Å²) in [5.74, 6) is -2.09. The maximum Gasteiger partial charge on any atom is 0.353 e. The Balaban J connectivity index is 2.04. The lowest BCUT2D eigenvalue weighted by Gasteiger charge is -2.41. The Kier molecular flexibility index (Phi) is 2.77. The lowest BCUT2D eigenvalue weighted by molar-refractivity contribution is -0.153. The first-order valence-corrected chi connectivity index (χ1v) is 7.00. The van der Waals surface area contributed by atoms with Crippen LogP contribution in [-0.4, -0.2) is 43.3 Å². The molecule has 7 nitrogen and oxygen atoms in total. The predicted octanol–water partition coefficient (Wildman–Crippen LogP) is 0.00210. The number of rotatable bonds is 3. The number of amides is 1. The summed E-state index contributed by atoms with van der Waals surface area (Å²) in [6.45, 7) is -0.285. The third-order valence-corrected chi connectivity index (χ3v) is 5.04. The number of hydrogen-bond acceptors (Lipinski definition) is 7. The van der Waals surface area contributed by atoms with Crippen molar-refractivity contribution in [2.24, 2.45) is 5.92 Å². The Morgan fingerprint density at radius 3 is 2.84 bits per heavy atom. The number of anilines is 1. The highest BCUT2D eigenvalue weighted by atomic mass is 32.2. The van der Waals surface area contributed by atoms with Crippen LogP contribution in [0, 0.1) is 5.92 Å². The van der Waals surface area contributed by atoms with Crippen LogP contribution in [0.5, 0.6) is 0 Å². The molecule has 3 rings (SSSR count). The average Bonchev–Trinajstić information content (AvgIpc) is 2.91. The number of nitrogens with two attached hydrogens (primary N) is 1. The van der Waals surface area contributed by atoms with E-state index in [1.54, 1.807) is 6.07 Å². The van der Waals surface area contributed by atoms with Crippen LogP contribution in [0.3, 0.4) is 0 Å². The number of aliphatic hydroxyl groups is 1.